The Labute approximate surface area is 155 Å². The first-order valence-electron chi connectivity index (χ1n) is 9.43. The molecule has 1 saturated carbocycles. The van der Waals surface area contributed by atoms with Gasteiger partial charge in [-0.1, -0.05) is 25.2 Å². The number of carbonyl (C=O) groups excluding carboxylic acids is 2. The molecule has 2 bridgehead atoms. The lowest BCUT2D eigenvalue weighted by Gasteiger charge is -2.52. The highest BCUT2D eigenvalue weighted by Crippen LogP contribution is 2.70. The molecular weight excluding hydrogens is 352 g/mol. The average Bonchev–Trinajstić information content (AvgIpc) is 3.31. The molecule has 142 valence electrons. The van der Waals surface area contributed by atoms with Gasteiger partial charge in [-0.05, 0) is 18.8 Å². The Kier molecular flexibility index (Phi) is 2.91. The lowest BCUT2D eigenvalue weighted by Crippen LogP contribution is -2.54. The van der Waals surface area contributed by atoms with Crippen LogP contribution in [0, 0.1) is 22.7 Å². The molecule has 0 amide bonds. The zero-order valence-electron chi connectivity index (χ0n) is 14.8. The molecule has 4 fully saturated rings. The van der Waals surface area contributed by atoms with Crippen LogP contribution in [0.15, 0.2) is 35.5 Å². The van der Waals surface area contributed by atoms with Gasteiger partial charge in [0.15, 0.2) is 6.29 Å². The fourth-order valence-electron chi connectivity index (χ4n) is 6.41. The maximum absolute atomic E-state index is 12.3. The number of cyclic esters (lactones) is 2. The van der Waals surface area contributed by atoms with E-state index in [9.17, 15) is 14.7 Å². The number of rotatable bonds is 1. The number of esters is 2. The third-order valence-electron chi connectivity index (χ3n) is 7.66. The highest BCUT2D eigenvalue weighted by atomic mass is 16.7. The molecule has 3 saturated heterocycles. The molecule has 0 aromatic carbocycles. The predicted molar refractivity (Wildman–Crippen MR) is 88.7 cm³/mol. The Balaban J connectivity index is 1.44. The first-order valence-corrected chi connectivity index (χ1v) is 9.43. The summed E-state index contributed by atoms with van der Waals surface area (Å²) in [6, 6.07) is 0. The zero-order valence-corrected chi connectivity index (χ0v) is 14.8. The first-order chi connectivity index (χ1) is 13.0. The topological polar surface area (TPSA) is 91.3 Å². The van der Waals surface area contributed by atoms with Crippen molar-refractivity contribution in [2.45, 2.75) is 44.6 Å². The molecular formula is C20H20O7. The summed E-state index contributed by atoms with van der Waals surface area (Å²) in [4.78, 5) is 23.9. The summed E-state index contributed by atoms with van der Waals surface area (Å²) in [5.41, 5.74) is 0.456. The molecule has 0 aromatic heterocycles. The van der Waals surface area contributed by atoms with Crippen LogP contribution in [0.25, 0.3) is 0 Å². The Morgan fingerprint density at radius 2 is 2.07 bits per heavy atom. The normalized spacial score (nSPS) is 51.9. The number of hydrogen-bond acceptors (Lipinski definition) is 7. The maximum atomic E-state index is 12.3. The number of carbonyl (C=O) groups is 2. The van der Waals surface area contributed by atoms with Crippen molar-refractivity contribution in [1.82, 2.24) is 0 Å². The van der Waals surface area contributed by atoms with Crippen LogP contribution in [0.5, 0.6) is 0 Å². The van der Waals surface area contributed by atoms with Crippen molar-refractivity contribution in [2.75, 3.05) is 6.61 Å². The van der Waals surface area contributed by atoms with Gasteiger partial charge in [-0.2, -0.15) is 0 Å². The van der Waals surface area contributed by atoms with E-state index in [1.54, 1.807) is 0 Å². The highest BCUT2D eigenvalue weighted by molar-refractivity contribution is 5.93. The molecule has 6 aliphatic rings. The number of aliphatic hydroxyl groups is 1. The molecule has 7 heteroatoms. The fourth-order valence-corrected chi connectivity index (χ4v) is 6.41. The van der Waals surface area contributed by atoms with Gasteiger partial charge in [0.1, 0.15) is 6.61 Å². The van der Waals surface area contributed by atoms with Crippen LogP contribution in [-0.4, -0.2) is 48.4 Å². The van der Waals surface area contributed by atoms with Crippen molar-refractivity contribution in [3.05, 3.63) is 35.5 Å². The fraction of sp³-hybridized carbons (Fsp3) is 0.600. The molecule has 1 N–H and O–H groups in total. The molecule has 4 heterocycles. The third kappa shape index (κ3) is 1.74. The molecule has 0 aromatic rings. The molecule has 8 atom stereocenters. The second-order valence-corrected chi connectivity index (χ2v) is 8.55. The van der Waals surface area contributed by atoms with Gasteiger partial charge in [-0.15, -0.1) is 0 Å². The molecule has 0 radical (unpaired) electrons. The minimum absolute atomic E-state index is 0.0167. The van der Waals surface area contributed by atoms with Crippen LogP contribution in [0.2, 0.25) is 0 Å². The quantitative estimate of drug-likeness (QED) is 0.686. The monoisotopic (exact) mass is 372 g/mol. The summed E-state index contributed by atoms with van der Waals surface area (Å²) in [6.45, 7) is 2.54. The van der Waals surface area contributed by atoms with E-state index in [1.165, 1.54) is 6.08 Å². The summed E-state index contributed by atoms with van der Waals surface area (Å²) in [5, 5.41) is 10.1. The van der Waals surface area contributed by atoms with Crippen LogP contribution < -0.4 is 0 Å². The highest BCUT2D eigenvalue weighted by Gasteiger charge is 2.73. The molecule has 2 spiro atoms. The number of fused-ring (bicyclic) bond motifs is 1. The number of ether oxygens (including phenoxy) is 4. The Morgan fingerprint density at radius 3 is 2.85 bits per heavy atom. The van der Waals surface area contributed by atoms with Crippen molar-refractivity contribution in [3.8, 4) is 0 Å². The summed E-state index contributed by atoms with van der Waals surface area (Å²) >= 11 is 0. The van der Waals surface area contributed by atoms with E-state index in [1.807, 2.05) is 12.2 Å². The van der Waals surface area contributed by atoms with E-state index < -0.39 is 24.7 Å². The van der Waals surface area contributed by atoms with E-state index in [-0.39, 0.29) is 34.7 Å². The van der Waals surface area contributed by atoms with E-state index in [0.29, 0.717) is 18.6 Å². The van der Waals surface area contributed by atoms with E-state index in [0.717, 1.165) is 12.0 Å². The predicted octanol–water partition coefficient (Wildman–Crippen LogP) is 0.984. The maximum Gasteiger partial charge on any atom is 0.334 e. The van der Waals surface area contributed by atoms with Gasteiger partial charge in [-0.3, -0.25) is 0 Å². The number of allylic oxidation sites excluding steroid dienone is 3. The summed E-state index contributed by atoms with van der Waals surface area (Å²) in [6.07, 6.45) is 6.44. The van der Waals surface area contributed by atoms with E-state index in [4.69, 9.17) is 18.9 Å². The Morgan fingerprint density at radius 1 is 1.22 bits per heavy atom. The van der Waals surface area contributed by atoms with Crippen molar-refractivity contribution in [1.29, 1.82) is 0 Å². The van der Waals surface area contributed by atoms with Gasteiger partial charge < -0.3 is 24.1 Å². The molecule has 27 heavy (non-hydrogen) atoms. The van der Waals surface area contributed by atoms with Crippen LogP contribution in [0.1, 0.15) is 19.8 Å². The summed E-state index contributed by atoms with van der Waals surface area (Å²) in [5.74, 6) is -0.538. The Hall–Kier alpha value is -1.96. The van der Waals surface area contributed by atoms with Gasteiger partial charge >= 0.3 is 11.9 Å². The SMILES string of the molecule is C[C@@H]1[C@H]2C[C@@]34COC(=O)C3=CC=C[C@H]4[C@@]13C[C@H](C1=CC(=O)O[C@H]1O)O[C@H]3O2. The van der Waals surface area contributed by atoms with Gasteiger partial charge in [0.25, 0.3) is 0 Å². The summed E-state index contributed by atoms with van der Waals surface area (Å²) in [7, 11) is 0. The minimum atomic E-state index is -1.27. The average molecular weight is 372 g/mol. The van der Waals surface area contributed by atoms with Crippen LogP contribution in [-0.2, 0) is 28.5 Å². The smallest absolute Gasteiger partial charge is 0.334 e. The van der Waals surface area contributed by atoms with Gasteiger partial charge in [0.05, 0.1) is 12.2 Å². The van der Waals surface area contributed by atoms with Crippen molar-refractivity contribution in [3.63, 3.8) is 0 Å². The lowest BCUT2D eigenvalue weighted by atomic mass is 9.48. The molecule has 2 aliphatic carbocycles. The third-order valence-corrected chi connectivity index (χ3v) is 7.66. The lowest BCUT2D eigenvalue weighted by molar-refractivity contribution is -0.157. The van der Waals surface area contributed by atoms with Crippen molar-refractivity contribution >= 4 is 11.9 Å². The number of hydrogen-bond donors (Lipinski definition) is 1. The molecule has 4 aliphatic heterocycles. The number of aliphatic hydroxyl groups excluding tert-OH is 1. The standard InChI is InChI=1S/C20H20O7/c1-9-12-6-19-8-24-17(23)11(19)3-2-4-14(19)20(9)7-13(26-18(20)25-12)10-5-15(21)27-16(10)22/h2-5,9,12-14,16,18,22H,6-8H2,1H3/t9-,12-,13-,14-,16-,18-,19-,20-/m1/s1. The zero-order chi connectivity index (χ0) is 18.6. The minimum Gasteiger partial charge on any atom is -0.461 e. The van der Waals surface area contributed by atoms with Gasteiger partial charge in [0.2, 0.25) is 6.29 Å². The van der Waals surface area contributed by atoms with Crippen LogP contribution in [0.3, 0.4) is 0 Å². The largest absolute Gasteiger partial charge is 0.461 e. The molecule has 7 nitrogen and oxygen atoms in total. The summed E-state index contributed by atoms with van der Waals surface area (Å²) < 4.78 is 22.8. The van der Waals surface area contributed by atoms with Crippen molar-refractivity contribution in [2.24, 2.45) is 22.7 Å². The second kappa shape index (κ2) is 4.90. The van der Waals surface area contributed by atoms with Crippen LogP contribution >= 0.6 is 0 Å². The van der Waals surface area contributed by atoms with E-state index in [2.05, 4.69) is 13.0 Å². The molecule has 6 rings (SSSR count). The second-order valence-electron chi connectivity index (χ2n) is 8.55. The van der Waals surface area contributed by atoms with E-state index >= 15 is 0 Å². The first kappa shape index (κ1) is 16.0. The molecule has 0 unspecified atom stereocenters. The Bertz CT molecular complexity index is 856. The van der Waals surface area contributed by atoms with Crippen molar-refractivity contribution < 1.29 is 33.6 Å². The van der Waals surface area contributed by atoms with Crippen LogP contribution in [0.4, 0.5) is 0 Å². The van der Waals surface area contributed by atoms with Gasteiger partial charge in [-0.25, -0.2) is 9.59 Å². The van der Waals surface area contributed by atoms with Gasteiger partial charge in [0, 0.05) is 34.0 Å².